The normalized spacial score (nSPS) is 16.5. The van der Waals surface area contributed by atoms with Crippen molar-refractivity contribution in [2.45, 2.75) is 70.8 Å². The highest BCUT2D eigenvalue weighted by molar-refractivity contribution is 7.14. The number of thiazole rings is 1. The van der Waals surface area contributed by atoms with Crippen LogP contribution in [-0.2, 0) is 12.8 Å². The van der Waals surface area contributed by atoms with Gasteiger partial charge in [-0.2, -0.15) is 5.10 Å². The third-order valence-electron chi connectivity index (χ3n) is 7.07. The molecule has 0 amide bonds. The molecule has 1 saturated carbocycles. The summed E-state index contributed by atoms with van der Waals surface area (Å²) in [4.78, 5) is 9.01. The van der Waals surface area contributed by atoms with E-state index in [0.29, 0.717) is 11.7 Å². The summed E-state index contributed by atoms with van der Waals surface area (Å²) < 4.78 is 18.9. The first kappa shape index (κ1) is 21.5. The summed E-state index contributed by atoms with van der Waals surface area (Å²) in [5, 5.41) is 11.5. The average molecular weight is 477 g/mol. The summed E-state index contributed by atoms with van der Waals surface area (Å²) in [6, 6.07) is 5.72. The Labute approximate surface area is 202 Å². The first-order valence-electron chi connectivity index (χ1n) is 12.3. The fraction of sp³-hybridized carbons (Fsp3) is 0.423. The van der Waals surface area contributed by atoms with Gasteiger partial charge in [-0.15, -0.1) is 11.3 Å². The van der Waals surface area contributed by atoms with Crippen LogP contribution in [0.2, 0.25) is 0 Å². The second-order valence-corrected chi connectivity index (χ2v) is 10.3. The number of fused-ring (bicyclic) bond motifs is 1. The molecular formula is C26H29FN6S. The molecule has 2 aliphatic rings. The van der Waals surface area contributed by atoms with Gasteiger partial charge in [0.25, 0.3) is 0 Å². The number of anilines is 2. The number of aromatic nitrogens is 5. The molecule has 8 heteroatoms. The molecule has 2 aliphatic carbocycles. The molecule has 0 atom stereocenters. The molecule has 1 N–H and O–H groups in total. The number of nitrogens with one attached hydrogen (secondary N) is 1. The zero-order chi connectivity index (χ0) is 23.1. The zero-order valence-electron chi connectivity index (χ0n) is 19.4. The van der Waals surface area contributed by atoms with E-state index in [4.69, 9.17) is 10.1 Å². The van der Waals surface area contributed by atoms with E-state index in [1.54, 1.807) is 34.4 Å². The third-order valence-corrected chi connectivity index (χ3v) is 7.82. The molecule has 176 valence electrons. The Balaban J connectivity index is 1.28. The average Bonchev–Trinajstić information content (AvgIpc) is 3.59. The van der Waals surface area contributed by atoms with Crippen LogP contribution in [0.15, 0.2) is 36.1 Å². The molecule has 0 radical (unpaired) electrons. The summed E-state index contributed by atoms with van der Waals surface area (Å²) in [6.45, 7) is 1.89. The lowest BCUT2D eigenvalue weighted by molar-refractivity contribution is 0.331. The summed E-state index contributed by atoms with van der Waals surface area (Å²) >= 11 is 1.56. The second kappa shape index (κ2) is 8.98. The highest BCUT2D eigenvalue weighted by Gasteiger charge is 2.26. The van der Waals surface area contributed by atoms with Crippen LogP contribution in [0.5, 0.6) is 0 Å². The Morgan fingerprint density at radius 1 is 1.09 bits per heavy atom. The van der Waals surface area contributed by atoms with Crippen LogP contribution in [0.4, 0.5) is 15.3 Å². The smallest absolute Gasteiger partial charge is 0.188 e. The predicted octanol–water partition coefficient (Wildman–Crippen LogP) is 6.77. The SMILES string of the molecule is Cc1cn(-c2ccc(-c3csc(Nc4c5c(nn4C4CCCCC4)CCCC5)n3)cc2F)cn1. The Bertz CT molecular complexity index is 1310. The largest absolute Gasteiger partial charge is 0.316 e. The van der Waals surface area contributed by atoms with Crippen LogP contribution in [0.25, 0.3) is 16.9 Å². The fourth-order valence-corrected chi connectivity index (χ4v) is 6.01. The van der Waals surface area contributed by atoms with Gasteiger partial charge in [0.1, 0.15) is 11.6 Å². The van der Waals surface area contributed by atoms with Crippen molar-refractivity contribution in [2.75, 3.05) is 5.32 Å². The van der Waals surface area contributed by atoms with Gasteiger partial charge in [-0.25, -0.2) is 19.0 Å². The molecule has 0 unspecified atom stereocenters. The van der Waals surface area contributed by atoms with Gasteiger partial charge < -0.3 is 9.88 Å². The van der Waals surface area contributed by atoms with E-state index in [0.717, 1.165) is 40.7 Å². The van der Waals surface area contributed by atoms with Crippen molar-refractivity contribution in [2.24, 2.45) is 0 Å². The minimum Gasteiger partial charge on any atom is -0.316 e. The first-order valence-corrected chi connectivity index (χ1v) is 13.2. The topological polar surface area (TPSA) is 60.6 Å². The van der Waals surface area contributed by atoms with Gasteiger partial charge in [-0.05, 0) is 57.6 Å². The van der Waals surface area contributed by atoms with Gasteiger partial charge in [0, 0.05) is 22.7 Å². The van der Waals surface area contributed by atoms with Gasteiger partial charge in [0.05, 0.1) is 35.1 Å². The third kappa shape index (κ3) is 4.04. The first-order chi connectivity index (χ1) is 16.7. The number of halogens is 1. The number of hydrogen-bond acceptors (Lipinski definition) is 5. The van der Waals surface area contributed by atoms with Crippen LogP contribution < -0.4 is 5.32 Å². The van der Waals surface area contributed by atoms with Crippen molar-refractivity contribution < 1.29 is 4.39 Å². The highest BCUT2D eigenvalue weighted by Crippen LogP contribution is 2.38. The minimum absolute atomic E-state index is 0.290. The molecule has 4 aromatic rings. The van der Waals surface area contributed by atoms with Crippen molar-refractivity contribution in [3.63, 3.8) is 0 Å². The molecular weight excluding hydrogens is 447 g/mol. The molecule has 6 rings (SSSR count). The highest BCUT2D eigenvalue weighted by atomic mass is 32.1. The fourth-order valence-electron chi connectivity index (χ4n) is 5.29. The van der Waals surface area contributed by atoms with Crippen LogP contribution in [0.3, 0.4) is 0 Å². The molecule has 0 aliphatic heterocycles. The Kier molecular flexibility index (Phi) is 5.69. The van der Waals surface area contributed by atoms with E-state index >= 15 is 0 Å². The molecule has 0 saturated heterocycles. The standard InChI is InChI=1S/C26H29FN6S/c1-17-14-32(16-28-17)24-12-11-18(13-21(24)27)23-15-34-26(29-23)30-25-20-9-5-6-10-22(20)31-33(25)19-7-3-2-4-8-19/h11-16,19H,2-10H2,1H3,(H,29,30). The molecule has 6 nitrogen and oxygen atoms in total. The number of nitrogens with zero attached hydrogens (tertiary/aromatic N) is 5. The quantitative estimate of drug-likeness (QED) is 0.345. The van der Waals surface area contributed by atoms with Crippen molar-refractivity contribution in [3.8, 4) is 16.9 Å². The lowest BCUT2D eigenvalue weighted by Crippen LogP contribution is -2.16. The van der Waals surface area contributed by atoms with Gasteiger partial charge in [0.15, 0.2) is 5.13 Å². The second-order valence-electron chi connectivity index (χ2n) is 9.47. The van der Waals surface area contributed by atoms with Gasteiger partial charge in [-0.1, -0.05) is 25.3 Å². The number of imidazole rings is 1. The van der Waals surface area contributed by atoms with E-state index in [9.17, 15) is 4.39 Å². The Morgan fingerprint density at radius 2 is 1.94 bits per heavy atom. The molecule has 34 heavy (non-hydrogen) atoms. The van der Waals surface area contributed by atoms with Crippen LogP contribution in [0, 0.1) is 12.7 Å². The summed E-state index contributed by atoms with van der Waals surface area (Å²) in [5.41, 5.74) is 5.50. The lowest BCUT2D eigenvalue weighted by Gasteiger charge is -2.24. The molecule has 0 spiro atoms. The van der Waals surface area contributed by atoms with Crippen molar-refractivity contribution in [1.29, 1.82) is 0 Å². The number of benzene rings is 1. The number of rotatable bonds is 5. The summed E-state index contributed by atoms with van der Waals surface area (Å²) in [6.07, 6.45) is 14.3. The Morgan fingerprint density at radius 3 is 2.74 bits per heavy atom. The van der Waals surface area contributed by atoms with E-state index in [1.165, 1.54) is 56.2 Å². The Hall–Kier alpha value is -3.00. The van der Waals surface area contributed by atoms with Crippen LogP contribution >= 0.6 is 11.3 Å². The van der Waals surface area contributed by atoms with Crippen molar-refractivity contribution >= 4 is 22.3 Å². The lowest BCUT2D eigenvalue weighted by atomic mass is 9.95. The van der Waals surface area contributed by atoms with Gasteiger partial charge >= 0.3 is 0 Å². The zero-order valence-corrected chi connectivity index (χ0v) is 20.2. The monoisotopic (exact) mass is 476 g/mol. The molecule has 1 fully saturated rings. The van der Waals surface area contributed by atoms with Crippen LogP contribution in [0.1, 0.15) is 67.9 Å². The predicted molar refractivity (Wildman–Crippen MR) is 134 cm³/mol. The molecule has 3 aromatic heterocycles. The van der Waals surface area contributed by atoms with E-state index in [1.807, 2.05) is 24.6 Å². The number of hydrogen-bond donors (Lipinski definition) is 1. The van der Waals surface area contributed by atoms with E-state index in [-0.39, 0.29) is 5.82 Å². The summed E-state index contributed by atoms with van der Waals surface area (Å²) in [5.74, 6) is 0.835. The molecule has 3 heterocycles. The van der Waals surface area contributed by atoms with E-state index in [2.05, 4.69) is 15.0 Å². The summed E-state index contributed by atoms with van der Waals surface area (Å²) in [7, 11) is 0. The van der Waals surface area contributed by atoms with Gasteiger partial charge in [-0.3, -0.25) is 0 Å². The van der Waals surface area contributed by atoms with Crippen LogP contribution in [-0.4, -0.2) is 24.3 Å². The molecule has 1 aromatic carbocycles. The maximum atomic E-state index is 14.9. The van der Waals surface area contributed by atoms with E-state index < -0.39 is 0 Å². The van der Waals surface area contributed by atoms with Gasteiger partial charge in [0.2, 0.25) is 0 Å². The maximum absolute atomic E-state index is 14.9. The maximum Gasteiger partial charge on any atom is 0.188 e. The number of aryl methyl sites for hydroxylation is 2. The minimum atomic E-state index is -0.290. The van der Waals surface area contributed by atoms with Crippen molar-refractivity contribution in [3.05, 3.63) is 58.9 Å². The molecule has 0 bridgehead atoms. The van der Waals surface area contributed by atoms with Crippen molar-refractivity contribution in [1.82, 2.24) is 24.3 Å².